The zero-order valence-corrected chi connectivity index (χ0v) is 25.2. The Morgan fingerprint density at radius 3 is 2.36 bits per heavy atom. The van der Waals surface area contributed by atoms with Gasteiger partial charge in [-0.25, -0.2) is 13.4 Å². The first-order valence-electron chi connectivity index (χ1n) is 12.8. The molecular formula is C29H29Cl2N5O5S. The molecule has 3 N–H and O–H groups in total. The summed E-state index contributed by atoms with van der Waals surface area (Å²) in [5, 5.41) is 16.9. The molecule has 0 unspecified atom stereocenters. The molecule has 1 amide bonds. The predicted octanol–water partition coefficient (Wildman–Crippen LogP) is 4.73. The van der Waals surface area contributed by atoms with E-state index in [1.807, 2.05) is 26.2 Å². The van der Waals surface area contributed by atoms with Crippen molar-refractivity contribution in [1.82, 2.24) is 15.2 Å². The van der Waals surface area contributed by atoms with Crippen LogP contribution in [0.5, 0.6) is 0 Å². The lowest BCUT2D eigenvalue weighted by molar-refractivity contribution is -0.135. The third-order valence-corrected chi connectivity index (χ3v) is 8.43. The quantitative estimate of drug-likeness (QED) is 0.205. The van der Waals surface area contributed by atoms with E-state index in [4.69, 9.17) is 23.2 Å². The number of rotatable bonds is 12. The summed E-state index contributed by atoms with van der Waals surface area (Å²) >= 11 is 12.0. The summed E-state index contributed by atoms with van der Waals surface area (Å²) in [6.07, 6.45) is 1.69. The fourth-order valence-electron chi connectivity index (χ4n) is 4.19. The fourth-order valence-corrected chi connectivity index (χ4v) is 6.32. The molecule has 1 aromatic heterocycles. The first-order chi connectivity index (χ1) is 19.9. The van der Waals surface area contributed by atoms with E-state index < -0.39 is 22.5 Å². The maximum atomic E-state index is 13.5. The zero-order valence-electron chi connectivity index (χ0n) is 22.8. The highest BCUT2D eigenvalue weighted by atomic mass is 35.5. The second-order valence-corrected chi connectivity index (χ2v) is 12.4. The van der Waals surface area contributed by atoms with Gasteiger partial charge >= 0.3 is 5.97 Å². The Morgan fingerprint density at radius 2 is 1.71 bits per heavy atom. The smallest absolute Gasteiger partial charge is 0.324 e. The monoisotopic (exact) mass is 629 g/mol. The second-order valence-electron chi connectivity index (χ2n) is 9.69. The van der Waals surface area contributed by atoms with Crippen molar-refractivity contribution in [3.05, 3.63) is 94.1 Å². The first kappa shape index (κ1) is 31.0. The van der Waals surface area contributed by atoms with E-state index in [0.29, 0.717) is 16.3 Å². The number of aromatic nitrogens is 1. The summed E-state index contributed by atoms with van der Waals surface area (Å²) in [6.45, 7) is 1.05. The minimum Gasteiger partial charge on any atom is -0.480 e. The standard InChI is InChI=1S/C29H29Cl2N5O5S/c1-35(2)11-10-32-27-9-6-19(16-33-27)17-34-29(39)26-5-3-4-20-12-23(7-8-25(20)26)36(18-28(37)38)42(40,41)24-14-21(30)13-22(31)15-24/h3-9,12-16H,10-11,17-18H2,1-2H3,(H,32,33)(H,34,39)(H,37,38). The zero-order chi connectivity index (χ0) is 30.4. The lowest BCUT2D eigenvalue weighted by atomic mass is 10.0. The molecule has 0 aliphatic carbocycles. The number of carboxylic acids is 1. The molecule has 0 bridgehead atoms. The SMILES string of the molecule is CN(C)CCNc1ccc(CNC(=O)c2cccc3cc(N(CC(=O)O)S(=O)(=O)c4cc(Cl)cc(Cl)c4)ccc23)cn1. The van der Waals surface area contributed by atoms with Gasteiger partial charge in [-0.15, -0.1) is 0 Å². The number of likely N-dealkylation sites (N-methyl/N-ethyl adjacent to an activating group) is 1. The molecule has 0 saturated carbocycles. The van der Waals surface area contributed by atoms with Gasteiger partial charge in [0.1, 0.15) is 12.4 Å². The normalized spacial score (nSPS) is 11.5. The van der Waals surface area contributed by atoms with E-state index >= 15 is 0 Å². The highest BCUT2D eigenvalue weighted by molar-refractivity contribution is 7.92. The molecule has 13 heteroatoms. The van der Waals surface area contributed by atoms with Crippen LogP contribution in [0.25, 0.3) is 10.8 Å². The summed E-state index contributed by atoms with van der Waals surface area (Å²) in [4.78, 5) is 31.0. The molecule has 220 valence electrons. The number of hydrogen-bond donors (Lipinski definition) is 3. The molecular weight excluding hydrogens is 601 g/mol. The third-order valence-electron chi connectivity index (χ3n) is 6.24. The van der Waals surface area contributed by atoms with E-state index in [-0.39, 0.29) is 33.1 Å². The fraction of sp³-hybridized carbons (Fsp3) is 0.207. The van der Waals surface area contributed by atoms with Gasteiger partial charge in [0.15, 0.2) is 0 Å². The molecule has 0 radical (unpaired) electrons. The van der Waals surface area contributed by atoms with E-state index in [0.717, 1.165) is 28.8 Å². The van der Waals surface area contributed by atoms with E-state index in [9.17, 15) is 23.1 Å². The van der Waals surface area contributed by atoms with Gasteiger partial charge in [-0.1, -0.05) is 47.5 Å². The molecule has 10 nitrogen and oxygen atoms in total. The van der Waals surface area contributed by atoms with Gasteiger partial charge < -0.3 is 20.6 Å². The van der Waals surface area contributed by atoms with Crippen LogP contribution in [0.1, 0.15) is 15.9 Å². The maximum absolute atomic E-state index is 13.5. The molecule has 0 aliphatic heterocycles. The number of amides is 1. The Balaban J connectivity index is 1.55. The van der Waals surface area contributed by atoms with Crippen LogP contribution in [0.2, 0.25) is 10.0 Å². The topological polar surface area (TPSA) is 132 Å². The van der Waals surface area contributed by atoms with E-state index in [1.54, 1.807) is 30.5 Å². The highest BCUT2D eigenvalue weighted by Gasteiger charge is 2.28. The molecule has 0 spiro atoms. The van der Waals surface area contributed by atoms with Crippen molar-refractivity contribution in [1.29, 1.82) is 0 Å². The lowest BCUT2D eigenvalue weighted by Crippen LogP contribution is -2.35. The maximum Gasteiger partial charge on any atom is 0.324 e. The van der Waals surface area contributed by atoms with Gasteiger partial charge in [0.25, 0.3) is 15.9 Å². The van der Waals surface area contributed by atoms with Crippen LogP contribution in [0.15, 0.2) is 77.8 Å². The molecule has 0 fully saturated rings. The van der Waals surface area contributed by atoms with Crippen molar-refractivity contribution in [3.63, 3.8) is 0 Å². The van der Waals surface area contributed by atoms with Gasteiger partial charge in [0, 0.05) is 41.4 Å². The van der Waals surface area contributed by atoms with Crippen LogP contribution in [0.3, 0.4) is 0 Å². The minimum atomic E-state index is -4.35. The number of pyridine rings is 1. The number of carbonyl (C=O) groups is 2. The average molecular weight is 631 g/mol. The molecule has 3 aromatic carbocycles. The number of hydrogen-bond acceptors (Lipinski definition) is 7. The number of carboxylic acid groups (broad SMARTS) is 1. The Morgan fingerprint density at radius 1 is 0.976 bits per heavy atom. The van der Waals surface area contributed by atoms with Gasteiger partial charge in [-0.3, -0.25) is 13.9 Å². The molecule has 0 aliphatic rings. The second kappa shape index (κ2) is 13.4. The minimum absolute atomic E-state index is 0.0916. The van der Waals surface area contributed by atoms with Crippen LogP contribution >= 0.6 is 23.2 Å². The number of fused-ring (bicyclic) bond motifs is 1. The number of anilines is 2. The number of nitrogens with zero attached hydrogens (tertiary/aromatic N) is 3. The number of benzene rings is 3. The van der Waals surface area contributed by atoms with E-state index in [1.165, 1.54) is 30.3 Å². The number of sulfonamides is 1. The van der Waals surface area contributed by atoms with Crippen LogP contribution < -0.4 is 14.9 Å². The first-order valence-corrected chi connectivity index (χ1v) is 15.0. The number of halogens is 2. The van der Waals surface area contributed by atoms with Crippen LogP contribution in [-0.4, -0.2) is 69.0 Å². The number of carbonyl (C=O) groups excluding carboxylic acids is 1. The molecule has 4 aromatic rings. The molecule has 4 rings (SSSR count). The summed E-state index contributed by atoms with van der Waals surface area (Å²) in [7, 11) is -0.362. The van der Waals surface area contributed by atoms with Crippen molar-refractivity contribution < 1.29 is 23.1 Å². The van der Waals surface area contributed by atoms with Crippen molar-refractivity contribution in [2.45, 2.75) is 11.4 Å². The van der Waals surface area contributed by atoms with Crippen LogP contribution in [-0.2, 0) is 21.4 Å². The predicted molar refractivity (Wildman–Crippen MR) is 165 cm³/mol. The molecule has 42 heavy (non-hydrogen) atoms. The summed E-state index contributed by atoms with van der Waals surface area (Å²) in [6, 6.07) is 17.1. The average Bonchev–Trinajstić information content (AvgIpc) is 2.94. The molecule has 0 saturated heterocycles. The lowest BCUT2D eigenvalue weighted by Gasteiger charge is -2.23. The summed E-state index contributed by atoms with van der Waals surface area (Å²) in [5.74, 6) is -0.939. The Bertz CT molecular complexity index is 1700. The van der Waals surface area contributed by atoms with Gasteiger partial charge in [0.2, 0.25) is 0 Å². The Kier molecular flexibility index (Phi) is 9.89. The van der Waals surface area contributed by atoms with Crippen molar-refractivity contribution in [3.8, 4) is 0 Å². The van der Waals surface area contributed by atoms with Crippen molar-refractivity contribution >= 4 is 67.4 Å². The van der Waals surface area contributed by atoms with Crippen molar-refractivity contribution in [2.24, 2.45) is 0 Å². The van der Waals surface area contributed by atoms with Gasteiger partial charge in [-0.2, -0.15) is 0 Å². The van der Waals surface area contributed by atoms with Crippen molar-refractivity contribution in [2.75, 3.05) is 43.4 Å². The van der Waals surface area contributed by atoms with Gasteiger partial charge in [-0.05, 0) is 72.9 Å². The number of nitrogens with one attached hydrogen (secondary N) is 2. The molecule has 0 atom stereocenters. The van der Waals surface area contributed by atoms with Gasteiger partial charge in [0.05, 0.1) is 10.6 Å². The number of aliphatic carboxylic acids is 1. The highest BCUT2D eigenvalue weighted by Crippen LogP contribution is 2.31. The van der Waals surface area contributed by atoms with Crippen LogP contribution in [0, 0.1) is 0 Å². The summed E-state index contributed by atoms with van der Waals surface area (Å²) in [5.41, 5.74) is 1.30. The third kappa shape index (κ3) is 7.68. The largest absolute Gasteiger partial charge is 0.480 e. The molecule has 1 heterocycles. The summed E-state index contributed by atoms with van der Waals surface area (Å²) < 4.78 is 27.7. The van der Waals surface area contributed by atoms with Crippen LogP contribution in [0.4, 0.5) is 11.5 Å². The Hall–Kier alpha value is -3.90. The van der Waals surface area contributed by atoms with E-state index in [2.05, 4.69) is 20.5 Å². The Labute approximate surface area is 253 Å².